The number of halogens is 1. The smallest absolute Gasteiger partial charge is 0.494 e. The molecule has 0 fully saturated rings. The first-order valence-corrected chi connectivity index (χ1v) is 9.54. The maximum atomic E-state index is 14.0. The summed E-state index contributed by atoms with van der Waals surface area (Å²) in [6.07, 6.45) is 7.71. The van der Waals surface area contributed by atoms with E-state index in [9.17, 15) is 14.0 Å². The molecule has 2 heterocycles. The van der Waals surface area contributed by atoms with Crippen molar-refractivity contribution in [2.75, 3.05) is 13.7 Å². The predicted octanol–water partition coefficient (Wildman–Crippen LogP) is 2.95. The number of rotatable bonds is 6. The Labute approximate surface area is 171 Å². The van der Waals surface area contributed by atoms with Crippen molar-refractivity contribution in [3.8, 4) is 17.1 Å². The molecule has 2 aliphatic rings. The molecule has 9 heteroatoms. The van der Waals surface area contributed by atoms with Crippen LogP contribution in [0.1, 0.15) is 19.2 Å². The number of hydrogen-bond donors (Lipinski definition) is 0. The van der Waals surface area contributed by atoms with E-state index < -0.39 is 17.8 Å². The molecule has 0 bridgehead atoms. The lowest BCUT2D eigenvalue weighted by molar-refractivity contribution is -0.460. The van der Waals surface area contributed by atoms with Crippen LogP contribution < -0.4 is 4.74 Å². The summed E-state index contributed by atoms with van der Waals surface area (Å²) >= 11 is 0. The highest BCUT2D eigenvalue weighted by Crippen LogP contribution is 2.25. The van der Waals surface area contributed by atoms with Gasteiger partial charge in [0.2, 0.25) is 5.82 Å². The van der Waals surface area contributed by atoms with Gasteiger partial charge in [-0.15, -0.1) is 0 Å². The molecule has 3 amide bonds. The number of fused-ring (bicyclic) bond motifs is 1. The number of hydrogen-bond acceptors (Lipinski definition) is 6. The molecule has 1 aromatic heterocycles. The van der Waals surface area contributed by atoms with Gasteiger partial charge < -0.3 is 9.26 Å². The van der Waals surface area contributed by atoms with Gasteiger partial charge in [0.05, 0.1) is 13.7 Å². The average Bonchev–Trinajstić information content (AvgIpc) is 3.23. The molecular weight excluding hydrogens is 391 g/mol. The fourth-order valence-electron chi connectivity index (χ4n) is 3.48. The normalized spacial score (nSPS) is 18.2. The van der Waals surface area contributed by atoms with Crippen molar-refractivity contribution in [2.24, 2.45) is 5.92 Å². The summed E-state index contributed by atoms with van der Waals surface area (Å²) in [5.74, 6) is -0.834. The number of methoxy groups -OCH3 is 1. The molecule has 30 heavy (non-hydrogen) atoms. The Morgan fingerprint density at radius 1 is 1.30 bits per heavy atom. The van der Waals surface area contributed by atoms with Gasteiger partial charge in [-0.1, -0.05) is 30.3 Å². The van der Waals surface area contributed by atoms with Crippen LogP contribution in [0, 0.1) is 11.7 Å². The minimum Gasteiger partial charge on any atom is -0.494 e. The monoisotopic (exact) mass is 411 g/mol. The summed E-state index contributed by atoms with van der Waals surface area (Å²) in [5, 5.41) is 3.89. The number of amides is 3. The molecule has 1 atom stereocenters. The zero-order chi connectivity index (χ0) is 21.3. The number of urea groups is 1. The van der Waals surface area contributed by atoms with Crippen molar-refractivity contribution in [2.45, 2.75) is 19.9 Å². The van der Waals surface area contributed by atoms with Gasteiger partial charge in [0.1, 0.15) is 11.6 Å². The second kappa shape index (κ2) is 8.02. The molecule has 0 radical (unpaired) electrons. The van der Waals surface area contributed by atoms with Crippen molar-refractivity contribution in [1.82, 2.24) is 15.0 Å². The number of aromatic nitrogens is 2. The number of carbonyl (C=O) groups excluding carboxylic acids is 2. The van der Waals surface area contributed by atoms with Crippen LogP contribution in [0.5, 0.6) is 5.75 Å². The van der Waals surface area contributed by atoms with E-state index in [1.807, 2.05) is 6.92 Å². The summed E-state index contributed by atoms with van der Waals surface area (Å²) in [5.41, 5.74) is 0.983. The maximum Gasteiger partial charge on any atom is 0.501 e. The van der Waals surface area contributed by atoms with E-state index in [0.717, 1.165) is 0 Å². The number of benzene rings is 1. The lowest BCUT2D eigenvalue weighted by Gasteiger charge is -2.26. The second-order valence-electron chi connectivity index (χ2n) is 6.87. The van der Waals surface area contributed by atoms with Gasteiger partial charge in [-0.2, -0.15) is 19.3 Å². The fraction of sp³-hybridized carbons (Fsp3) is 0.286. The van der Waals surface area contributed by atoms with Crippen LogP contribution in [0.2, 0.25) is 0 Å². The quantitative estimate of drug-likeness (QED) is 0.679. The molecule has 0 saturated carbocycles. The third kappa shape index (κ3) is 3.42. The summed E-state index contributed by atoms with van der Waals surface area (Å²) in [7, 11) is 1.38. The van der Waals surface area contributed by atoms with Crippen molar-refractivity contribution in [3.63, 3.8) is 0 Å². The summed E-state index contributed by atoms with van der Waals surface area (Å²) < 4.78 is 25.7. The standard InChI is InChI=1S/C21H20FN4O4/c1-3-10-25-20(27)14-6-4-5-7-16(14)26(21(25)28)12-18-23-19(24-30-18)13-8-9-17(29-2)15(22)11-13/h4-9,11,14H,3,10,12H2,1-2H3/q+1. The number of ether oxygens (including phenoxy) is 1. The van der Waals surface area contributed by atoms with Gasteiger partial charge in [-0.25, -0.2) is 9.18 Å². The highest BCUT2D eigenvalue weighted by Gasteiger charge is 2.46. The van der Waals surface area contributed by atoms with E-state index in [-0.39, 0.29) is 29.9 Å². The third-order valence-corrected chi connectivity index (χ3v) is 4.92. The van der Waals surface area contributed by atoms with Crippen LogP contribution in [-0.4, -0.2) is 50.9 Å². The zero-order valence-electron chi connectivity index (χ0n) is 16.5. The lowest BCUT2D eigenvalue weighted by Crippen LogP contribution is -2.54. The predicted molar refractivity (Wildman–Crippen MR) is 104 cm³/mol. The zero-order valence-corrected chi connectivity index (χ0v) is 16.5. The van der Waals surface area contributed by atoms with Gasteiger partial charge in [0.15, 0.2) is 18.1 Å². The van der Waals surface area contributed by atoms with Crippen LogP contribution >= 0.6 is 0 Å². The minimum atomic E-state index is -0.543. The molecule has 1 unspecified atom stereocenters. The van der Waals surface area contributed by atoms with E-state index in [1.165, 1.54) is 28.7 Å². The van der Waals surface area contributed by atoms with Crippen molar-refractivity contribution in [3.05, 3.63) is 54.2 Å². The van der Waals surface area contributed by atoms with Crippen LogP contribution in [0.3, 0.4) is 0 Å². The van der Waals surface area contributed by atoms with Crippen LogP contribution in [-0.2, 0) is 11.3 Å². The fourth-order valence-corrected chi connectivity index (χ4v) is 3.48. The topological polar surface area (TPSA) is 88.5 Å². The van der Waals surface area contributed by atoms with Gasteiger partial charge in [-0.05, 0) is 30.7 Å². The van der Waals surface area contributed by atoms with E-state index in [0.29, 0.717) is 24.2 Å². The van der Waals surface area contributed by atoms with Crippen LogP contribution in [0.25, 0.3) is 11.4 Å². The first-order valence-electron chi connectivity index (χ1n) is 9.54. The van der Waals surface area contributed by atoms with E-state index in [4.69, 9.17) is 9.26 Å². The average molecular weight is 411 g/mol. The molecule has 1 aliphatic heterocycles. The second-order valence-corrected chi connectivity index (χ2v) is 6.87. The van der Waals surface area contributed by atoms with E-state index in [2.05, 4.69) is 10.1 Å². The molecule has 8 nitrogen and oxygen atoms in total. The van der Waals surface area contributed by atoms with Crippen molar-refractivity contribution >= 4 is 17.6 Å². The first kappa shape index (κ1) is 19.7. The maximum absolute atomic E-state index is 14.0. The number of imide groups is 1. The van der Waals surface area contributed by atoms with E-state index in [1.54, 1.807) is 30.4 Å². The first-order chi connectivity index (χ1) is 14.5. The highest BCUT2D eigenvalue weighted by molar-refractivity contribution is 6.16. The molecular formula is C21H20FN4O4+. The molecule has 0 N–H and O–H groups in total. The van der Waals surface area contributed by atoms with Crippen LogP contribution in [0.15, 0.2) is 47.0 Å². The summed E-state index contributed by atoms with van der Waals surface area (Å²) in [6, 6.07) is 3.91. The van der Waals surface area contributed by atoms with Crippen LogP contribution in [0.4, 0.5) is 9.18 Å². The summed E-state index contributed by atoms with van der Waals surface area (Å²) in [4.78, 5) is 31.2. The molecule has 154 valence electrons. The lowest BCUT2D eigenvalue weighted by atomic mass is 9.94. The number of allylic oxidation sites excluding steroid dienone is 3. The largest absolute Gasteiger partial charge is 0.501 e. The number of nitrogens with zero attached hydrogens (tertiary/aromatic N) is 4. The Kier molecular flexibility index (Phi) is 5.26. The van der Waals surface area contributed by atoms with Crippen molar-refractivity contribution < 1.29 is 27.8 Å². The SMILES string of the molecule is CCCN1C(=O)C2C=CC=CC2=[N+](Cc2nc(-c3ccc(OC)c(F)c3)no2)C1=O. The molecule has 2 aromatic rings. The molecule has 1 aliphatic carbocycles. The van der Waals surface area contributed by atoms with Gasteiger partial charge >= 0.3 is 11.9 Å². The number of carbonyl (C=O) groups is 2. The molecule has 0 spiro atoms. The Bertz CT molecular complexity index is 1100. The highest BCUT2D eigenvalue weighted by atomic mass is 19.1. The molecule has 0 saturated heterocycles. The molecule has 1 aromatic carbocycles. The Hall–Kier alpha value is -3.62. The van der Waals surface area contributed by atoms with Crippen molar-refractivity contribution in [1.29, 1.82) is 0 Å². The Balaban J connectivity index is 1.65. The third-order valence-electron chi connectivity index (χ3n) is 4.92. The van der Waals surface area contributed by atoms with Gasteiger partial charge in [0, 0.05) is 5.56 Å². The Morgan fingerprint density at radius 3 is 2.87 bits per heavy atom. The minimum absolute atomic E-state index is 0.00196. The van der Waals surface area contributed by atoms with Gasteiger partial charge in [-0.3, -0.25) is 0 Å². The van der Waals surface area contributed by atoms with Gasteiger partial charge in [0.25, 0.3) is 5.89 Å². The Morgan fingerprint density at radius 2 is 2.13 bits per heavy atom. The summed E-state index contributed by atoms with van der Waals surface area (Å²) in [6.45, 7) is 2.23. The van der Waals surface area contributed by atoms with E-state index >= 15 is 0 Å². The molecule has 4 rings (SSSR count).